The number of methoxy groups -OCH3 is 3. The molecule has 0 saturated carbocycles. The lowest BCUT2D eigenvalue weighted by atomic mass is 10.0. The number of ether oxygens (including phenoxy) is 5. The third-order valence-corrected chi connectivity index (χ3v) is 3.88. The number of hydrogen-bond donors (Lipinski definition) is 1. The van der Waals surface area contributed by atoms with Crippen LogP contribution in [0.5, 0.6) is 23.0 Å². The van der Waals surface area contributed by atoms with Gasteiger partial charge in [-0.05, 0) is 36.8 Å². The number of aliphatic hydroxyl groups is 1. The van der Waals surface area contributed by atoms with Gasteiger partial charge in [-0.2, -0.15) is 0 Å². The van der Waals surface area contributed by atoms with Crippen LogP contribution < -0.4 is 18.9 Å². The summed E-state index contributed by atoms with van der Waals surface area (Å²) in [5.41, 5.74) is 0.417. The van der Waals surface area contributed by atoms with Crippen LogP contribution >= 0.6 is 0 Å². The maximum Gasteiger partial charge on any atom is 0.350 e. The van der Waals surface area contributed by atoms with Crippen molar-refractivity contribution < 1.29 is 33.6 Å². The average Bonchev–Trinajstić information content (AvgIpc) is 2.71. The van der Waals surface area contributed by atoms with Crippen molar-refractivity contribution in [1.29, 1.82) is 0 Å². The molecule has 0 saturated heterocycles. The number of aliphatic hydroxyl groups excluding tert-OH is 1. The minimum Gasteiger partial charge on any atom is -0.493 e. The van der Waals surface area contributed by atoms with Gasteiger partial charge in [-0.15, -0.1) is 0 Å². The molecule has 2 aromatic carbocycles. The average molecular weight is 376 g/mol. The molecule has 0 fully saturated rings. The van der Waals surface area contributed by atoms with E-state index in [1.165, 1.54) is 21.3 Å². The van der Waals surface area contributed by atoms with E-state index in [-0.39, 0.29) is 6.61 Å². The fourth-order valence-corrected chi connectivity index (χ4v) is 2.53. The number of hydrogen-bond acceptors (Lipinski definition) is 7. The summed E-state index contributed by atoms with van der Waals surface area (Å²) in [6, 6.07) is 11.7. The number of esters is 1. The second kappa shape index (κ2) is 9.68. The molecule has 146 valence electrons. The van der Waals surface area contributed by atoms with Crippen molar-refractivity contribution in [2.45, 2.75) is 19.1 Å². The Hall–Kier alpha value is -2.93. The Kier molecular flexibility index (Phi) is 7.31. The second-order valence-corrected chi connectivity index (χ2v) is 5.50. The minimum absolute atomic E-state index is 0.156. The molecule has 2 atom stereocenters. The summed E-state index contributed by atoms with van der Waals surface area (Å²) in [6.45, 7) is 1.84. The van der Waals surface area contributed by atoms with Gasteiger partial charge in [0.1, 0.15) is 6.10 Å². The van der Waals surface area contributed by atoms with Gasteiger partial charge in [0.2, 0.25) is 6.10 Å². The summed E-state index contributed by atoms with van der Waals surface area (Å²) in [7, 11) is 4.49. The molecule has 2 aromatic rings. The van der Waals surface area contributed by atoms with Gasteiger partial charge in [0, 0.05) is 0 Å². The van der Waals surface area contributed by atoms with Gasteiger partial charge in [-0.3, -0.25) is 0 Å². The van der Waals surface area contributed by atoms with Crippen molar-refractivity contribution in [2.24, 2.45) is 0 Å². The topological polar surface area (TPSA) is 83.5 Å². The molecule has 0 spiro atoms. The number of carbonyl (C=O) groups is 1. The van der Waals surface area contributed by atoms with E-state index < -0.39 is 18.2 Å². The van der Waals surface area contributed by atoms with Crippen LogP contribution in [0, 0.1) is 0 Å². The van der Waals surface area contributed by atoms with E-state index in [9.17, 15) is 9.90 Å². The molecule has 2 rings (SSSR count). The zero-order valence-corrected chi connectivity index (χ0v) is 15.8. The van der Waals surface area contributed by atoms with Gasteiger partial charge in [0.25, 0.3) is 0 Å². The van der Waals surface area contributed by atoms with Crippen LogP contribution in [0.15, 0.2) is 42.5 Å². The molecule has 0 bridgehead atoms. The predicted octanol–water partition coefficient (Wildman–Crippen LogP) is 2.76. The lowest BCUT2D eigenvalue weighted by Gasteiger charge is -2.24. The fourth-order valence-electron chi connectivity index (χ4n) is 2.53. The van der Waals surface area contributed by atoms with Gasteiger partial charge in [0.05, 0.1) is 27.9 Å². The lowest BCUT2D eigenvalue weighted by molar-refractivity contribution is -0.157. The molecule has 0 unspecified atom stereocenters. The van der Waals surface area contributed by atoms with Crippen molar-refractivity contribution in [2.75, 3.05) is 27.9 Å². The second-order valence-electron chi connectivity index (χ2n) is 5.50. The van der Waals surface area contributed by atoms with E-state index in [0.717, 1.165) is 0 Å². The first-order valence-electron chi connectivity index (χ1n) is 8.42. The summed E-state index contributed by atoms with van der Waals surface area (Å²) in [5.74, 6) is 0.996. The molecule has 0 aliphatic carbocycles. The summed E-state index contributed by atoms with van der Waals surface area (Å²) >= 11 is 0. The predicted molar refractivity (Wildman–Crippen MR) is 98.5 cm³/mol. The van der Waals surface area contributed by atoms with Crippen LogP contribution in [0.3, 0.4) is 0 Å². The van der Waals surface area contributed by atoms with E-state index in [1.807, 2.05) is 0 Å². The Bertz CT molecular complexity index is 760. The molecule has 0 radical (unpaired) electrons. The highest BCUT2D eigenvalue weighted by Gasteiger charge is 2.33. The third kappa shape index (κ3) is 4.83. The molecule has 7 nitrogen and oxygen atoms in total. The highest BCUT2D eigenvalue weighted by molar-refractivity contribution is 5.76. The maximum absolute atomic E-state index is 12.4. The third-order valence-electron chi connectivity index (χ3n) is 3.88. The molecule has 27 heavy (non-hydrogen) atoms. The molecule has 0 aromatic heterocycles. The van der Waals surface area contributed by atoms with Crippen molar-refractivity contribution in [1.82, 2.24) is 0 Å². The summed E-state index contributed by atoms with van der Waals surface area (Å²) in [4.78, 5) is 12.4. The molecule has 0 amide bonds. The van der Waals surface area contributed by atoms with Gasteiger partial charge < -0.3 is 28.8 Å². The molecular formula is C20H24O7. The van der Waals surface area contributed by atoms with E-state index in [2.05, 4.69) is 0 Å². The Balaban J connectivity index is 2.37. The molecule has 7 heteroatoms. The van der Waals surface area contributed by atoms with E-state index in [4.69, 9.17) is 23.7 Å². The molecular weight excluding hydrogens is 352 g/mol. The fraction of sp³-hybridized carbons (Fsp3) is 0.350. The normalized spacial score (nSPS) is 12.6. The summed E-state index contributed by atoms with van der Waals surface area (Å²) in [5, 5.41) is 10.8. The van der Waals surface area contributed by atoms with Crippen LogP contribution in [0.4, 0.5) is 0 Å². The van der Waals surface area contributed by atoms with E-state index in [0.29, 0.717) is 28.6 Å². The Labute approximate surface area is 158 Å². The lowest BCUT2D eigenvalue weighted by Crippen LogP contribution is -2.35. The first-order chi connectivity index (χ1) is 13.0. The number of carbonyl (C=O) groups excluding carboxylic acids is 1. The minimum atomic E-state index is -1.30. The summed E-state index contributed by atoms with van der Waals surface area (Å²) < 4.78 is 26.5. The smallest absolute Gasteiger partial charge is 0.350 e. The van der Waals surface area contributed by atoms with E-state index >= 15 is 0 Å². The monoisotopic (exact) mass is 376 g/mol. The first kappa shape index (κ1) is 20.4. The quantitative estimate of drug-likeness (QED) is 0.674. The first-order valence-corrected chi connectivity index (χ1v) is 8.42. The van der Waals surface area contributed by atoms with Gasteiger partial charge in [-0.1, -0.05) is 18.2 Å². The van der Waals surface area contributed by atoms with Gasteiger partial charge in [-0.25, -0.2) is 4.79 Å². The van der Waals surface area contributed by atoms with Crippen LogP contribution in [-0.2, 0) is 9.53 Å². The van der Waals surface area contributed by atoms with E-state index in [1.54, 1.807) is 49.4 Å². The SMILES string of the molecule is CCOC(=O)[C@@H](Oc1ccccc1OC)[C@H](O)c1ccc(OC)c(OC)c1. The zero-order valence-electron chi connectivity index (χ0n) is 15.8. The Morgan fingerprint density at radius 2 is 1.52 bits per heavy atom. The van der Waals surface area contributed by atoms with Crippen LogP contribution in [0.25, 0.3) is 0 Å². The Morgan fingerprint density at radius 3 is 2.11 bits per heavy atom. The Morgan fingerprint density at radius 1 is 0.926 bits per heavy atom. The molecule has 1 N–H and O–H groups in total. The highest BCUT2D eigenvalue weighted by Crippen LogP contribution is 2.34. The van der Waals surface area contributed by atoms with Crippen molar-refractivity contribution in [3.63, 3.8) is 0 Å². The van der Waals surface area contributed by atoms with Crippen LogP contribution in [-0.4, -0.2) is 45.1 Å². The maximum atomic E-state index is 12.4. The highest BCUT2D eigenvalue weighted by atomic mass is 16.6. The van der Waals surface area contributed by atoms with Crippen LogP contribution in [0.2, 0.25) is 0 Å². The van der Waals surface area contributed by atoms with Crippen LogP contribution in [0.1, 0.15) is 18.6 Å². The molecule has 0 aliphatic rings. The molecule has 0 heterocycles. The number of para-hydroxylation sites is 2. The number of benzene rings is 2. The van der Waals surface area contributed by atoms with Crippen molar-refractivity contribution in [3.8, 4) is 23.0 Å². The molecule has 0 aliphatic heterocycles. The van der Waals surface area contributed by atoms with Gasteiger partial charge in [0.15, 0.2) is 23.0 Å². The van der Waals surface area contributed by atoms with Gasteiger partial charge >= 0.3 is 5.97 Å². The van der Waals surface area contributed by atoms with Crippen molar-refractivity contribution in [3.05, 3.63) is 48.0 Å². The standard InChI is InChI=1S/C20H24O7/c1-5-26-20(22)19(27-16-9-7-6-8-14(16)23-2)18(21)13-10-11-15(24-3)17(12-13)25-4/h6-12,18-19,21H,5H2,1-4H3/t18-,19+/m1/s1. The number of rotatable bonds is 9. The zero-order chi connectivity index (χ0) is 19.8. The summed E-state index contributed by atoms with van der Waals surface area (Å²) in [6.07, 6.45) is -2.59. The van der Waals surface area contributed by atoms with Crippen molar-refractivity contribution >= 4 is 5.97 Å². The largest absolute Gasteiger partial charge is 0.493 e.